The number of hydrogen-bond donors (Lipinski definition) is 2. The number of para-hydroxylation sites is 1. The van der Waals surface area contributed by atoms with Crippen molar-refractivity contribution in [2.45, 2.75) is 51.6 Å². The van der Waals surface area contributed by atoms with Crippen LogP contribution in [0.4, 0.5) is 0 Å². The van der Waals surface area contributed by atoms with Crippen LogP contribution < -0.4 is 15.8 Å². The lowest BCUT2D eigenvalue weighted by Crippen LogP contribution is -2.51. The maximum absolute atomic E-state index is 12.2. The number of amides is 1. The van der Waals surface area contributed by atoms with Gasteiger partial charge < -0.3 is 15.8 Å². The van der Waals surface area contributed by atoms with E-state index in [9.17, 15) is 4.79 Å². The molecule has 5 heteroatoms. The minimum atomic E-state index is -0.673. The maximum atomic E-state index is 12.2. The number of carbonyl (C=O) groups excluding carboxylic acids is 1. The minimum Gasteiger partial charge on any atom is -0.493 e. The summed E-state index contributed by atoms with van der Waals surface area (Å²) in [7, 11) is 0. The third-order valence-corrected chi connectivity index (χ3v) is 3.93. The molecule has 3 N–H and O–H groups in total. The Morgan fingerprint density at radius 2 is 1.95 bits per heavy atom. The molecule has 0 spiro atoms. The number of nitrogens with two attached hydrogens (primary N) is 1. The van der Waals surface area contributed by atoms with Crippen molar-refractivity contribution in [3.8, 4) is 5.75 Å². The minimum absolute atomic E-state index is 0. The zero-order chi connectivity index (χ0) is 15.3. The van der Waals surface area contributed by atoms with Gasteiger partial charge in [0.1, 0.15) is 5.75 Å². The van der Waals surface area contributed by atoms with Gasteiger partial charge in [-0.1, -0.05) is 44.9 Å². The summed E-state index contributed by atoms with van der Waals surface area (Å²) in [6.45, 7) is 5.36. The van der Waals surface area contributed by atoms with Crippen molar-refractivity contribution in [3.05, 3.63) is 29.8 Å². The van der Waals surface area contributed by atoms with Crippen LogP contribution in [0.25, 0.3) is 0 Å². The molecule has 0 aliphatic heterocycles. The molecule has 124 valence electrons. The molecule has 0 radical (unpaired) electrons. The topological polar surface area (TPSA) is 64.3 Å². The highest BCUT2D eigenvalue weighted by atomic mass is 35.5. The second kappa shape index (κ2) is 8.39. The number of rotatable bonds is 6. The van der Waals surface area contributed by atoms with Crippen LogP contribution in [-0.2, 0) is 11.3 Å². The Kier molecular flexibility index (Phi) is 7.17. The average Bonchev–Trinajstić information content (AvgIpc) is 2.91. The van der Waals surface area contributed by atoms with E-state index in [-0.39, 0.29) is 18.3 Å². The van der Waals surface area contributed by atoms with Crippen LogP contribution in [0.2, 0.25) is 0 Å². The summed E-state index contributed by atoms with van der Waals surface area (Å²) in [5.41, 5.74) is 6.48. The smallest absolute Gasteiger partial charge is 0.240 e. The molecule has 1 saturated carbocycles. The molecular weight excluding hydrogens is 300 g/mol. The van der Waals surface area contributed by atoms with Crippen LogP contribution in [0.15, 0.2) is 24.3 Å². The van der Waals surface area contributed by atoms with Crippen LogP contribution in [-0.4, -0.2) is 18.1 Å². The first kappa shape index (κ1) is 18.8. The van der Waals surface area contributed by atoms with Crippen molar-refractivity contribution in [3.63, 3.8) is 0 Å². The Balaban J connectivity index is 0.00000242. The molecule has 22 heavy (non-hydrogen) atoms. The molecule has 2 rings (SSSR count). The monoisotopic (exact) mass is 326 g/mol. The van der Waals surface area contributed by atoms with E-state index < -0.39 is 5.54 Å². The zero-order valence-corrected chi connectivity index (χ0v) is 14.2. The lowest BCUT2D eigenvalue weighted by molar-refractivity contribution is -0.126. The van der Waals surface area contributed by atoms with E-state index in [1.54, 1.807) is 0 Å². The van der Waals surface area contributed by atoms with Crippen molar-refractivity contribution in [2.24, 2.45) is 11.7 Å². The van der Waals surface area contributed by atoms with E-state index in [2.05, 4.69) is 19.2 Å². The molecule has 0 unspecified atom stereocenters. The second-order valence-electron chi connectivity index (χ2n) is 6.36. The summed E-state index contributed by atoms with van der Waals surface area (Å²) in [5, 5.41) is 2.97. The Bertz CT molecular complexity index is 485. The molecule has 1 fully saturated rings. The van der Waals surface area contributed by atoms with Crippen molar-refractivity contribution >= 4 is 18.3 Å². The molecule has 1 aliphatic carbocycles. The Morgan fingerprint density at radius 1 is 1.32 bits per heavy atom. The SMILES string of the molecule is CC(C)COc1ccccc1CNC(=O)C1(N)CCCC1.Cl. The third-order valence-electron chi connectivity index (χ3n) is 3.93. The number of benzene rings is 1. The molecule has 4 nitrogen and oxygen atoms in total. The molecule has 0 atom stereocenters. The Hall–Kier alpha value is -1.26. The molecule has 0 bridgehead atoms. The van der Waals surface area contributed by atoms with Crippen LogP contribution in [0.1, 0.15) is 45.1 Å². The van der Waals surface area contributed by atoms with Gasteiger partial charge in [0.05, 0.1) is 12.1 Å². The number of nitrogens with one attached hydrogen (secondary N) is 1. The summed E-state index contributed by atoms with van der Waals surface area (Å²) < 4.78 is 5.80. The van der Waals surface area contributed by atoms with Crippen LogP contribution in [0.5, 0.6) is 5.75 Å². The largest absolute Gasteiger partial charge is 0.493 e. The van der Waals surface area contributed by atoms with E-state index in [0.29, 0.717) is 19.1 Å². The fourth-order valence-electron chi connectivity index (χ4n) is 2.63. The van der Waals surface area contributed by atoms with Gasteiger partial charge in [-0.15, -0.1) is 12.4 Å². The van der Waals surface area contributed by atoms with Gasteiger partial charge in [0.15, 0.2) is 0 Å². The van der Waals surface area contributed by atoms with Gasteiger partial charge in [0.2, 0.25) is 5.91 Å². The van der Waals surface area contributed by atoms with E-state index in [1.807, 2.05) is 24.3 Å². The second-order valence-corrected chi connectivity index (χ2v) is 6.36. The molecule has 0 heterocycles. The van der Waals surface area contributed by atoms with Crippen molar-refractivity contribution in [2.75, 3.05) is 6.61 Å². The normalized spacial score (nSPS) is 16.2. The predicted octanol–water partition coefficient (Wildman–Crippen LogP) is 3.03. The summed E-state index contributed by atoms with van der Waals surface area (Å²) in [4.78, 5) is 12.2. The quantitative estimate of drug-likeness (QED) is 0.844. The third kappa shape index (κ3) is 4.89. The number of carbonyl (C=O) groups is 1. The molecule has 0 aromatic heterocycles. The van der Waals surface area contributed by atoms with Gasteiger partial charge in [-0.25, -0.2) is 0 Å². The van der Waals surface area contributed by atoms with Gasteiger partial charge >= 0.3 is 0 Å². The van der Waals surface area contributed by atoms with E-state index >= 15 is 0 Å². The Labute approximate surface area is 139 Å². The van der Waals surface area contributed by atoms with Gasteiger partial charge in [-0.2, -0.15) is 0 Å². The highest BCUT2D eigenvalue weighted by Crippen LogP contribution is 2.27. The fourth-order valence-corrected chi connectivity index (χ4v) is 2.63. The van der Waals surface area contributed by atoms with Gasteiger partial charge in [0.25, 0.3) is 0 Å². The van der Waals surface area contributed by atoms with Gasteiger partial charge in [-0.3, -0.25) is 4.79 Å². The summed E-state index contributed by atoms with van der Waals surface area (Å²) in [5.74, 6) is 1.26. The van der Waals surface area contributed by atoms with E-state index in [4.69, 9.17) is 10.5 Å². The van der Waals surface area contributed by atoms with Gasteiger partial charge in [0, 0.05) is 12.1 Å². The van der Waals surface area contributed by atoms with Crippen molar-refractivity contribution in [1.82, 2.24) is 5.32 Å². The van der Waals surface area contributed by atoms with Crippen LogP contribution >= 0.6 is 12.4 Å². The first-order valence-electron chi connectivity index (χ1n) is 7.79. The number of ether oxygens (including phenoxy) is 1. The average molecular weight is 327 g/mol. The maximum Gasteiger partial charge on any atom is 0.240 e. The number of halogens is 1. The van der Waals surface area contributed by atoms with Crippen LogP contribution in [0.3, 0.4) is 0 Å². The Morgan fingerprint density at radius 3 is 2.59 bits per heavy atom. The number of hydrogen-bond acceptors (Lipinski definition) is 3. The standard InChI is InChI=1S/C17H26N2O2.ClH/c1-13(2)12-21-15-8-4-3-7-14(15)11-19-16(20)17(18)9-5-6-10-17;/h3-4,7-8,13H,5-6,9-12,18H2,1-2H3,(H,19,20);1H. The fraction of sp³-hybridized carbons (Fsp3) is 0.588. The lowest BCUT2D eigenvalue weighted by Gasteiger charge is -2.22. The summed E-state index contributed by atoms with van der Waals surface area (Å²) in [6, 6.07) is 7.82. The van der Waals surface area contributed by atoms with E-state index in [0.717, 1.165) is 37.0 Å². The molecule has 0 saturated heterocycles. The molecule has 1 amide bonds. The highest BCUT2D eigenvalue weighted by Gasteiger charge is 2.36. The molecule has 1 aromatic rings. The molecular formula is C17H27ClN2O2. The summed E-state index contributed by atoms with van der Waals surface area (Å²) in [6.07, 6.45) is 3.64. The van der Waals surface area contributed by atoms with Crippen molar-refractivity contribution in [1.29, 1.82) is 0 Å². The highest BCUT2D eigenvalue weighted by molar-refractivity contribution is 5.86. The first-order valence-corrected chi connectivity index (χ1v) is 7.79. The predicted molar refractivity (Wildman–Crippen MR) is 91.3 cm³/mol. The van der Waals surface area contributed by atoms with Gasteiger partial charge in [-0.05, 0) is 24.8 Å². The lowest BCUT2D eigenvalue weighted by atomic mass is 9.98. The van der Waals surface area contributed by atoms with Crippen LogP contribution in [0, 0.1) is 5.92 Å². The molecule has 1 aromatic carbocycles. The summed E-state index contributed by atoms with van der Waals surface area (Å²) >= 11 is 0. The first-order chi connectivity index (χ1) is 10.0. The zero-order valence-electron chi connectivity index (χ0n) is 13.4. The van der Waals surface area contributed by atoms with E-state index in [1.165, 1.54) is 0 Å². The molecule has 1 aliphatic rings. The van der Waals surface area contributed by atoms with Crippen molar-refractivity contribution < 1.29 is 9.53 Å².